The molecule has 168 valence electrons. The number of benzene rings is 2. The highest BCUT2D eigenvalue weighted by molar-refractivity contribution is 6.09. The Morgan fingerprint density at radius 1 is 0.935 bits per heavy atom. The topological polar surface area (TPSA) is 64.7 Å². The van der Waals surface area contributed by atoms with Gasteiger partial charge in [-0.15, -0.1) is 0 Å². The van der Waals surface area contributed by atoms with E-state index in [-0.39, 0.29) is 22.7 Å². The molecule has 1 fully saturated rings. The van der Waals surface area contributed by atoms with Crippen LogP contribution in [0.2, 0.25) is 0 Å². The molecule has 0 bridgehead atoms. The third-order valence-electron chi connectivity index (χ3n) is 4.91. The molecule has 8 heteroatoms. The van der Waals surface area contributed by atoms with Gasteiger partial charge in [0, 0.05) is 45.3 Å². The average molecular weight is 433 g/mol. The Hall–Kier alpha value is -2.84. The van der Waals surface area contributed by atoms with Crippen molar-refractivity contribution in [3.8, 4) is 0 Å². The van der Waals surface area contributed by atoms with Crippen molar-refractivity contribution < 1.29 is 18.4 Å². The highest BCUT2D eigenvalue weighted by atomic mass is 19.1. The predicted octanol–water partition coefficient (Wildman–Crippen LogP) is 3.22. The van der Waals surface area contributed by atoms with Crippen molar-refractivity contribution in [2.24, 2.45) is 0 Å². The van der Waals surface area contributed by atoms with E-state index < -0.39 is 17.5 Å². The molecule has 1 aliphatic heterocycles. The van der Waals surface area contributed by atoms with Crippen LogP contribution < -0.4 is 10.6 Å². The molecule has 1 saturated heterocycles. The van der Waals surface area contributed by atoms with Crippen molar-refractivity contribution in [2.75, 3.05) is 51.6 Å². The number of amides is 2. The molecule has 2 amide bonds. The molecule has 1 heterocycles. The molecule has 2 aromatic rings. The number of para-hydroxylation sites is 1. The summed E-state index contributed by atoms with van der Waals surface area (Å²) in [4.78, 5) is 29.5. The Labute approximate surface area is 182 Å². The monoisotopic (exact) mass is 432 g/mol. The Bertz CT molecular complexity index is 884. The van der Waals surface area contributed by atoms with Gasteiger partial charge in [-0.2, -0.15) is 0 Å². The largest absolute Gasteiger partial charge is 0.351 e. The number of likely N-dealkylation sites (N-methyl/N-ethyl adjacent to an activating group) is 1. The summed E-state index contributed by atoms with van der Waals surface area (Å²) in [5.74, 6) is -2.80. The van der Waals surface area contributed by atoms with Gasteiger partial charge in [0.25, 0.3) is 11.8 Å². The van der Waals surface area contributed by atoms with E-state index in [1.807, 2.05) is 13.8 Å². The number of hydrogen-bond donors (Lipinski definition) is 2. The van der Waals surface area contributed by atoms with Crippen LogP contribution in [0, 0.1) is 11.6 Å². The van der Waals surface area contributed by atoms with Crippen LogP contribution in [-0.4, -0.2) is 67.9 Å². The molecular formula is C23H30F2N4O2. The number of carbonyl (C=O) groups excluding carboxylic acids is 2. The molecule has 0 aromatic heterocycles. The fraction of sp³-hybridized carbons (Fsp3) is 0.391. The van der Waals surface area contributed by atoms with Crippen molar-refractivity contribution in [3.63, 3.8) is 0 Å². The minimum absolute atomic E-state index is 0.262. The van der Waals surface area contributed by atoms with Crippen LogP contribution in [-0.2, 0) is 0 Å². The van der Waals surface area contributed by atoms with Crippen molar-refractivity contribution in [1.29, 1.82) is 0 Å². The minimum atomic E-state index is -0.961. The smallest absolute Gasteiger partial charge is 0.258 e. The maximum absolute atomic E-state index is 13.8. The van der Waals surface area contributed by atoms with E-state index in [9.17, 15) is 18.4 Å². The van der Waals surface area contributed by atoms with Crippen molar-refractivity contribution in [3.05, 3.63) is 65.2 Å². The molecule has 2 N–H and O–H groups in total. The van der Waals surface area contributed by atoms with Crippen LogP contribution in [0.15, 0.2) is 42.5 Å². The lowest BCUT2D eigenvalue weighted by Gasteiger charge is -2.32. The van der Waals surface area contributed by atoms with Gasteiger partial charge in [-0.25, -0.2) is 8.78 Å². The predicted molar refractivity (Wildman–Crippen MR) is 118 cm³/mol. The lowest BCUT2D eigenvalue weighted by Crippen LogP contribution is -2.46. The van der Waals surface area contributed by atoms with Gasteiger partial charge >= 0.3 is 0 Å². The normalized spacial score (nSPS) is 14.4. The molecule has 0 aliphatic carbocycles. The molecule has 0 unspecified atom stereocenters. The second-order valence-corrected chi connectivity index (χ2v) is 7.02. The Kier molecular flexibility index (Phi) is 9.55. The van der Waals surface area contributed by atoms with Crippen LogP contribution in [0.3, 0.4) is 0 Å². The molecule has 0 atom stereocenters. The fourth-order valence-corrected chi connectivity index (χ4v) is 3.15. The third kappa shape index (κ3) is 7.11. The minimum Gasteiger partial charge on any atom is -0.351 e. The summed E-state index contributed by atoms with van der Waals surface area (Å²) in [6, 6.07) is 9.22. The number of nitrogens with one attached hydrogen (secondary N) is 2. The van der Waals surface area contributed by atoms with E-state index in [0.717, 1.165) is 44.9 Å². The van der Waals surface area contributed by atoms with Gasteiger partial charge in [-0.1, -0.05) is 26.0 Å². The van der Waals surface area contributed by atoms with E-state index in [0.29, 0.717) is 12.6 Å². The number of piperazine rings is 1. The quantitative estimate of drug-likeness (QED) is 0.736. The Morgan fingerprint density at radius 3 is 2.29 bits per heavy atom. The molecule has 31 heavy (non-hydrogen) atoms. The maximum atomic E-state index is 13.8. The number of rotatable bonds is 6. The first-order valence-corrected chi connectivity index (χ1v) is 10.5. The molecule has 0 spiro atoms. The van der Waals surface area contributed by atoms with Gasteiger partial charge in [-0.05, 0) is 31.3 Å². The van der Waals surface area contributed by atoms with Gasteiger partial charge < -0.3 is 15.5 Å². The van der Waals surface area contributed by atoms with E-state index in [2.05, 4.69) is 27.5 Å². The third-order valence-corrected chi connectivity index (χ3v) is 4.91. The van der Waals surface area contributed by atoms with Crippen molar-refractivity contribution in [2.45, 2.75) is 13.8 Å². The van der Waals surface area contributed by atoms with Crippen molar-refractivity contribution in [1.82, 2.24) is 15.1 Å². The summed E-state index contributed by atoms with van der Waals surface area (Å²) in [6.45, 7) is 9.16. The molecule has 1 aliphatic rings. The highest BCUT2D eigenvalue weighted by Gasteiger charge is 2.18. The summed E-state index contributed by atoms with van der Waals surface area (Å²) in [6.07, 6.45) is 0. The van der Waals surface area contributed by atoms with Gasteiger partial charge in [0.1, 0.15) is 11.6 Å². The second kappa shape index (κ2) is 12.1. The lowest BCUT2D eigenvalue weighted by atomic mass is 10.1. The zero-order valence-electron chi connectivity index (χ0n) is 18.3. The van der Waals surface area contributed by atoms with Gasteiger partial charge in [0.05, 0.1) is 16.8 Å². The van der Waals surface area contributed by atoms with Gasteiger partial charge in [0.2, 0.25) is 0 Å². The van der Waals surface area contributed by atoms with Crippen LogP contribution in [0.4, 0.5) is 14.5 Å². The van der Waals surface area contributed by atoms with Crippen molar-refractivity contribution >= 4 is 17.5 Å². The summed E-state index contributed by atoms with van der Waals surface area (Å²) >= 11 is 0. The highest BCUT2D eigenvalue weighted by Crippen LogP contribution is 2.18. The Morgan fingerprint density at radius 2 is 1.61 bits per heavy atom. The van der Waals surface area contributed by atoms with Crippen LogP contribution >= 0.6 is 0 Å². The Balaban J connectivity index is 0.00000166. The maximum Gasteiger partial charge on any atom is 0.258 e. The van der Waals surface area contributed by atoms with E-state index in [1.165, 1.54) is 0 Å². The molecule has 2 aromatic carbocycles. The van der Waals surface area contributed by atoms with E-state index in [1.54, 1.807) is 24.3 Å². The molecule has 3 rings (SSSR count). The van der Waals surface area contributed by atoms with Crippen LogP contribution in [0.5, 0.6) is 0 Å². The average Bonchev–Trinajstić information content (AvgIpc) is 2.76. The number of carbonyl (C=O) groups is 2. The first-order chi connectivity index (χ1) is 14.9. The summed E-state index contributed by atoms with van der Waals surface area (Å²) in [5, 5.41) is 5.40. The lowest BCUT2D eigenvalue weighted by molar-refractivity contribution is 0.0942. The van der Waals surface area contributed by atoms with Gasteiger partial charge in [0.15, 0.2) is 0 Å². The number of halogens is 2. The van der Waals surface area contributed by atoms with E-state index in [4.69, 9.17) is 0 Å². The molecule has 0 radical (unpaired) electrons. The SMILES string of the molecule is CC.CN1CCN(CCNC(=O)c2ccccc2NC(=O)c2ccc(F)cc2F)CC1. The van der Waals surface area contributed by atoms with E-state index >= 15 is 0 Å². The number of anilines is 1. The first kappa shape index (κ1) is 24.4. The summed E-state index contributed by atoms with van der Waals surface area (Å²) in [5.41, 5.74) is 0.247. The second-order valence-electron chi connectivity index (χ2n) is 7.02. The molecule has 6 nitrogen and oxygen atoms in total. The molecule has 0 saturated carbocycles. The zero-order chi connectivity index (χ0) is 22.8. The molecular weight excluding hydrogens is 402 g/mol. The zero-order valence-corrected chi connectivity index (χ0v) is 18.3. The fourth-order valence-electron chi connectivity index (χ4n) is 3.15. The van der Waals surface area contributed by atoms with Gasteiger partial charge in [-0.3, -0.25) is 14.5 Å². The summed E-state index contributed by atoms with van der Waals surface area (Å²) in [7, 11) is 2.09. The summed E-state index contributed by atoms with van der Waals surface area (Å²) < 4.78 is 26.9. The standard InChI is InChI=1S/C21H24F2N4O2.C2H6/c1-26-10-12-27(13-11-26)9-8-24-20(28)17-4-2-3-5-19(17)25-21(29)16-7-6-15(22)14-18(16)23;1-2/h2-7,14H,8-13H2,1H3,(H,24,28)(H,25,29);1-2H3. The van der Waals surface area contributed by atoms with Crippen LogP contribution in [0.25, 0.3) is 0 Å². The van der Waals surface area contributed by atoms with Crippen LogP contribution in [0.1, 0.15) is 34.6 Å². The number of nitrogens with zero attached hydrogens (tertiary/aromatic N) is 2. The number of hydrogen-bond acceptors (Lipinski definition) is 4. The first-order valence-electron chi connectivity index (χ1n) is 10.5.